The van der Waals surface area contributed by atoms with E-state index in [1.54, 1.807) is 23.2 Å². The number of fused-ring (bicyclic) bond motifs is 2. The number of hydrogen-bond acceptors (Lipinski definition) is 8. The van der Waals surface area contributed by atoms with Crippen molar-refractivity contribution in [3.63, 3.8) is 0 Å². The van der Waals surface area contributed by atoms with E-state index in [0.717, 1.165) is 15.4 Å². The molecule has 2 aliphatic rings. The molecule has 5 rings (SSSR count). The number of carbonyl (C=O) groups excluding carboxylic acids is 2. The van der Waals surface area contributed by atoms with E-state index in [0.29, 0.717) is 49.2 Å². The Labute approximate surface area is 222 Å². The quantitative estimate of drug-likeness (QED) is 0.380. The second-order valence-corrected chi connectivity index (χ2v) is 10.8. The van der Waals surface area contributed by atoms with Crippen molar-refractivity contribution in [2.24, 2.45) is 0 Å². The lowest BCUT2D eigenvalue weighted by atomic mass is 9.80. The number of carbonyl (C=O) groups is 2. The maximum atomic E-state index is 13.6. The van der Waals surface area contributed by atoms with E-state index in [9.17, 15) is 9.59 Å². The van der Waals surface area contributed by atoms with E-state index in [1.165, 1.54) is 11.8 Å². The number of methoxy groups -OCH3 is 1. The second-order valence-electron chi connectivity index (χ2n) is 9.08. The molecule has 1 atom stereocenters. The van der Waals surface area contributed by atoms with E-state index < -0.39 is 14.2 Å². The number of ether oxygens (including phenoxy) is 2. The average Bonchev–Trinajstić information content (AvgIpc) is 3.31. The van der Waals surface area contributed by atoms with Gasteiger partial charge in [-0.2, -0.15) is 5.10 Å². The Morgan fingerprint density at radius 1 is 1.27 bits per heavy atom. The smallest absolute Gasteiger partial charge is 0.409 e. The lowest BCUT2D eigenvalue weighted by molar-refractivity contribution is -0.0221. The fraction of sp³-hybridized carbons (Fsp3) is 0.375. The van der Waals surface area contributed by atoms with Crippen LogP contribution in [0.1, 0.15) is 41.2 Å². The van der Waals surface area contributed by atoms with Gasteiger partial charge >= 0.3 is 14.7 Å². The maximum Gasteiger partial charge on any atom is 0.409 e. The minimum Gasteiger partial charge on any atom is -0.487 e. The van der Waals surface area contributed by atoms with Crippen molar-refractivity contribution >= 4 is 47.4 Å². The van der Waals surface area contributed by atoms with Crippen molar-refractivity contribution in [2.75, 3.05) is 20.2 Å². The molecule has 0 aliphatic carbocycles. The molecule has 0 saturated carbocycles. The van der Waals surface area contributed by atoms with Crippen LogP contribution in [0.3, 0.4) is 0 Å². The molecule has 2 aromatic carbocycles. The van der Waals surface area contributed by atoms with Gasteiger partial charge in [-0.05, 0) is 24.3 Å². The number of likely N-dealkylation sites (tertiary alicyclic amines) is 1. The first-order valence-electron chi connectivity index (χ1n) is 11.7. The highest BCUT2D eigenvalue weighted by Crippen LogP contribution is 2.45. The van der Waals surface area contributed by atoms with Crippen LogP contribution in [0.5, 0.6) is 5.75 Å². The molecule has 1 aromatic heterocycles. The topological polar surface area (TPSA) is 135 Å². The van der Waals surface area contributed by atoms with E-state index in [-0.39, 0.29) is 24.8 Å². The highest BCUT2D eigenvalue weighted by molar-refractivity contribution is 9.10. The van der Waals surface area contributed by atoms with Crippen molar-refractivity contribution in [3.05, 3.63) is 58.2 Å². The molecule has 1 saturated heterocycles. The zero-order chi connectivity index (χ0) is 26.2. The van der Waals surface area contributed by atoms with Gasteiger partial charge in [0.15, 0.2) is 0 Å². The van der Waals surface area contributed by atoms with E-state index in [2.05, 4.69) is 26.3 Å². The fourth-order valence-corrected chi connectivity index (χ4v) is 5.59. The molecule has 11 nitrogen and oxygen atoms in total. The summed E-state index contributed by atoms with van der Waals surface area (Å²) in [7, 11) is -1.14. The molecule has 13 heteroatoms. The van der Waals surface area contributed by atoms with Crippen LogP contribution in [-0.2, 0) is 16.0 Å². The van der Waals surface area contributed by atoms with Crippen LogP contribution in [0.4, 0.5) is 4.79 Å². The summed E-state index contributed by atoms with van der Waals surface area (Å²) in [5.74, 6) is 0.415. The summed E-state index contributed by atoms with van der Waals surface area (Å²) >= 11 is 3.52. The Kier molecular flexibility index (Phi) is 7.37. The molecule has 3 aromatic rings. The standard InChI is InChI=1S/C24H26BrN4O7P/c1-34-23(31)28-9-7-24(8-10-28)12-19(18-11-16(25)5-6-20(18)36-24)26-22(30)17-4-2-3-15-13-29(27-21(15)17)14-35-37(32)33/h2-6,11,13,19,32-33H,7-10,12,14H2,1H3,(H,26,30). The number of benzene rings is 2. The zero-order valence-corrected chi connectivity index (χ0v) is 22.4. The fourth-order valence-electron chi connectivity index (χ4n) is 4.99. The number of halogens is 1. The molecule has 2 aliphatic heterocycles. The van der Waals surface area contributed by atoms with Crippen LogP contribution in [0, 0.1) is 0 Å². The number of piperidine rings is 1. The third-order valence-corrected chi connectivity index (χ3v) is 7.64. The number of amides is 2. The van der Waals surface area contributed by atoms with E-state index in [4.69, 9.17) is 23.8 Å². The predicted octanol–water partition coefficient (Wildman–Crippen LogP) is 3.84. The van der Waals surface area contributed by atoms with Crippen molar-refractivity contribution < 1.29 is 33.4 Å². The average molecular weight is 593 g/mol. The Bertz CT molecular complexity index is 1330. The molecule has 3 N–H and O–H groups in total. The number of nitrogens with one attached hydrogen (secondary N) is 1. The van der Waals surface area contributed by atoms with Crippen LogP contribution in [0.15, 0.2) is 47.1 Å². The van der Waals surface area contributed by atoms with Gasteiger partial charge in [0.2, 0.25) is 0 Å². The van der Waals surface area contributed by atoms with Crippen molar-refractivity contribution in [1.29, 1.82) is 0 Å². The maximum absolute atomic E-state index is 13.6. The Hall–Kier alpha value is -2.76. The molecule has 37 heavy (non-hydrogen) atoms. The molecule has 3 heterocycles. The Balaban J connectivity index is 1.40. The van der Waals surface area contributed by atoms with Gasteiger partial charge in [0.25, 0.3) is 5.91 Å². The first-order valence-corrected chi connectivity index (χ1v) is 13.6. The Morgan fingerprint density at radius 2 is 2.05 bits per heavy atom. The summed E-state index contributed by atoms with van der Waals surface area (Å²) < 4.78 is 18.5. The van der Waals surface area contributed by atoms with Crippen molar-refractivity contribution in [3.8, 4) is 5.75 Å². The van der Waals surface area contributed by atoms with Gasteiger partial charge in [0, 0.05) is 54.0 Å². The van der Waals surface area contributed by atoms with Crippen LogP contribution in [0.2, 0.25) is 0 Å². The summed E-state index contributed by atoms with van der Waals surface area (Å²) in [6, 6.07) is 10.7. The van der Waals surface area contributed by atoms with Crippen LogP contribution < -0.4 is 10.1 Å². The van der Waals surface area contributed by atoms with Crippen LogP contribution in [0.25, 0.3) is 10.9 Å². The molecular weight excluding hydrogens is 567 g/mol. The largest absolute Gasteiger partial charge is 0.487 e. The van der Waals surface area contributed by atoms with Gasteiger partial charge in [0.05, 0.1) is 18.7 Å². The highest BCUT2D eigenvalue weighted by atomic mass is 79.9. The van der Waals surface area contributed by atoms with Crippen molar-refractivity contribution in [2.45, 2.75) is 37.6 Å². The van der Waals surface area contributed by atoms with Gasteiger partial charge < -0.3 is 29.5 Å². The monoisotopic (exact) mass is 592 g/mol. The summed E-state index contributed by atoms with van der Waals surface area (Å²) in [6.45, 7) is 0.852. The minimum atomic E-state index is -2.51. The molecule has 196 valence electrons. The SMILES string of the molecule is COC(=O)N1CCC2(CC1)CC(NC(=O)c1cccc3cn(COP(O)O)nc13)c1cc(Br)ccc1O2. The molecule has 1 unspecified atom stereocenters. The van der Waals surface area contributed by atoms with Gasteiger partial charge in [-0.25, -0.2) is 9.48 Å². The summed E-state index contributed by atoms with van der Waals surface area (Å²) in [5.41, 5.74) is 1.21. The molecular formula is C24H26BrN4O7P. The number of hydrogen-bond donors (Lipinski definition) is 3. The first-order chi connectivity index (χ1) is 17.8. The molecule has 1 spiro atoms. The normalized spacial score (nSPS) is 18.5. The molecule has 1 fully saturated rings. The number of nitrogens with zero attached hydrogens (tertiary/aromatic N) is 3. The van der Waals surface area contributed by atoms with Crippen LogP contribution in [-0.4, -0.2) is 62.3 Å². The summed E-state index contributed by atoms with van der Waals surface area (Å²) in [5, 5.41) is 8.32. The Morgan fingerprint density at radius 3 is 2.78 bits per heavy atom. The van der Waals surface area contributed by atoms with Gasteiger partial charge in [-0.1, -0.05) is 28.1 Å². The molecule has 0 bridgehead atoms. The second kappa shape index (κ2) is 10.5. The van der Waals surface area contributed by atoms with E-state index in [1.807, 2.05) is 24.3 Å². The predicted molar refractivity (Wildman–Crippen MR) is 138 cm³/mol. The first kappa shape index (κ1) is 25.9. The number of aromatic nitrogens is 2. The molecule has 0 radical (unpaired) electrons. The highest BCUT2D eigenvalue weighted by Gasteiger charge is 2.44. The summed E-state index contributed by atoms with van der Waals surface area (Å²) in [4.78, 5) is 45.3. The van der Waals surface area contributed by atoms with Gasteiger partial charge in [-0.15, -0.1) is 0 Å². The lowest BCUT2D eigenvalue weighted by Crippen LogP contribution is -2.53. The third-order valence-electron chi connectivity index (χ3n) is 6.80. The zero-order valence-electron chi connectivity index (χ0n) is 20.0. The van der Waals surface area contributed by atoms with Gasteiger partial charge in [-0.3, -0.25) is 9.32 Å². The molecule has 2 amide bonds. The van der Waals surface area contributed by atoms with Gasteiger partial charge in [0.1, 0.15) is 23.6 Å². The summed E-state index contributed by atoms with van der Waals surface area (Å²) in [6.07, 6.45) is 3.10. The third kappa shape index (κ3) is 5.44. The van der Waals surface area contributed by atoms with Crippen LogP contribution >= 0.6 is 24.5 Å². The van der Waals surface area contributed by atoms with E-state index >= 15 is 0 Å². The number of rotatable bonds is 5. The van der Waals surface area contributed by atoms with Crippen molar-refractivity contribution in [1.82, 2.24) is 20.0 Å². The minimum absolute atomic E-state index is 0.152. The lowest BCUT2D eigenvalue weighted by Gasteiger charge is -2.46.